The molecule has 5 nitrogen and oxygen atoms in total. The van der Waals surface area contributed by atoms with Gasteiger partial charge in [-0.1, -0.05) is 0 Å². The fourth-order valence-corrected chi connectivity index (χ4v) is 3.57. The molecule has 2 aliphatic heterocycles. The summed E-state index contributed by atoms with van der Waals surface area (Å²) >= 11 is 0. The number of carbonyl (C=O) groups excluding carboxylic acids is 1. The van der Waals surface area contributed by atoms with Crippen molar-refractivity contribution in [2.24, 2.45) is 0 Å². The maximum absolute atomic E-state index is 13.6. The van der Waals surface area contributed by atoms with Gasteiger partial charge in [-0.05, 0) is 26.7 Å². The average Bonchev–Trinajstić information content (AvgIpc) is 2.84. The highest BCUT2D eigenvalue weighted by Crippen LogP contribution is 2.22. The average molecular weight is 315 g/mol. The minimum Gasteiger partial charge on any atom is -0.467 e. The number of halogens is 1. The summed E-state index contributed by atoms with van der Waals surface area (Å²) in [7, 11) is 1.23. The van der Waals surface area contributed by atoms with Gasteiger partial charge in [0.1, 0.15) is 0 Å². The Kier molecular flexibility index (Phi) is 6.59. The van der Waals surface area contributed by atoms with Crippen LogP contribution in [-0.4, -0.2) is 91.8 Å². The number of piperazine rings is 1. The van der Waals surface area contributed by atoms with Crippen molar-refractivity contribution >= 4 is 5.97 Å². The molecule has 2 aliphatic rings. The van der Waals surface area contributed by atoms with E-state index in [9.17, 15) is 9.18 Å². The van der Waals surface area contributed by atoms with Crippen molar-refractivity contribution in [2.45, 2.75) is 44.9 Å². The van der Waals surface area contributed by atoms with Gasteiger partial charge in [0.2, 0.25) is 6.17 Å². The molecule has 0 aromatic heterocycles. The molecular formula is C16H30FN3O2. The highest BCUT2D eigenvalue weighted by Gasteiger charge is 2.28. The van der Waals surface area contributed by atoms with E-state index in [0.717, 1.165) is 39.3 Å². The molecule has 2 rings (SSSR count). The Morgan fingerprint density at radius 3 is 2.18 bits per heavy atom. The lowest BCUT2D eigenvalue weighted by Gasteiger charge is -2.36. The Morgan fingerprint density at radius 2 is 1.64 bits per heavy atom. The zero-order valence-corrected chi connectivity index (χ0v) is 14.1. The van der Waals surface area contributed by atoms with Gasteiger partial charge in [-0.25, -0.2) is 9.18 Å². The van der Waals surface area contributed by atoms with E-state index < -0.39 is 12.1 Å². The van der Waals surface area contributed by atoms with Crippen LogP contribution in [0.5, 0.6) is 0 Å². The van der Waals surface area contributed by atoms with Crippen LogP contribution < -0.4 is 0 Å². The number of hydrogen-bond acceptors (Lipinski definition) is 5. The van der Waals surface area contributed by atoms with E-state index in [1.54, 1.807) is 0 Å². The zero-order chi connectivity index (χ0) is 16.1. The highest BCUT2D eigenvalue weighted by atomic mass is 19.1. The predicted octanol–water partition coefficient (Wildman–Crippen LogP) is 0.988. The molecule has 128 valence electrons. The van der Waals surface area contributed by atoms with Crippen LogP contribution in [0.3, 0.4) is 0 Å². The smallest absolute Gasteiger partial charge is 0.341 e. The van der Waals surface area contributed by atoms with Crippen molar-refractivity contribution in [3.8, 4) is 0 Å². The summed E-state index contributed by atoms with van der Waals surface area (Å²) in [5.41, 5.74) is 0. The standard InChI is InChI=1S/C16H30FN3O2/c1-13-4-5-14(2)20(13)11-10-18-6-8-19(9-7-18)12-15(17)16(21)22-3/h13-15H,4-12H2,1-3H3. The molecule has 2 fully saturated rings. The Bertz CT molecular complexity index is 351. The molecule has 22 heavy (non-hydrogen) atoms. The van der Waals surface area contributed by atoms with Gasteiger partial charge in [0, 0.05) is 57.9 Å². The summed E-state index contributed by atoms with van der Waals surface area (Å²) in [6, 6.07) is 1.40. The molecule has 0 aromatic rings. The topological polar surface area (TPSA) is 36.0 Å². The predicted molar refractivity (Wildman–Crippen MR) is 84.7 cm³/mol. The molecule has 2 heterocycles. The quantitative estimate of drug-likeness (QED) is 0.683. The van der Waals surface area contributed by atoms with Crippen molar-refractivity contribution in [3.05, 3.63) is 0 Å². The summed E-state index contributed by atoms with van der Waals surface area (Å²) in [5.74, 6) is -0.764. The van der Waals surface area contributed by atoms with Gasteiger partial charge < -0.3 is 4.74 Å². The summed E-state index contributed by atoms with van der Waals surface area (Å²) in [5, 5.41) is 0. The second kappa shape index (κ2) is 8.22. The van der Waals surface area contributed by atoms with Crippen LogP contribution in [-0.2, 0) is 9.53 Å². The van der Waals surface area contributed by atoms with Crippen molar-refractivity contribution in [2.75, 3.05) is 52.9 Å². The highest BCUT2D eigenvalue weighted by molar-refractivity contribution is 5.74. The van der Waals surface area contributed by atoms with Crippen LogP contribution >= 0.6 is 0 Å². The number of carbonyl (C=O) groups is 1. The van der Waals surface area contributed by atoms with Gasteiger partial charge in [-0.2, -0.15) is 0 Å². The number of nitrogens with zero attached hydrogens (tertiary/aromatic N) is 3. The lowest BCUT2D eigenvalue weighted by molar-refractivity contribution is -0.147. The second-order valence-corrected chi connectivity index (χ2v) is 6.65. The molecule has 3 atom stereocenters. The maximum Gasteiger partial charge on any atom is 0.341 e. The van der Waals surface area contributed by atoms with E-state index >= 15 is 0 Å². The monoisotopic (exact) mass is 315 g/mol. The zero-order valence-electron chi connectivity index (χ0n) is 14.1. The minimum absolute atomic E-state index is 0.153. The first-order chi connectivity index (χ1) is 10.5. The maximum atomic E-state index is 13.6. The number of hydrogen-bond donors (Lipinski definition) is 0. The summed E-state index contributed by atoms with van der Waals surface area (Å²) in [4.78, 5) is 18.2. The Labute approximate surface area is 133 Å². The number of methoxy groups -OCH3 is 1. The van der Waals surface area contributed by atoms with E-state index in [4.69, 9.17) is 0 Å². The summed E-state index contributed by atoms with van der Waals surface area (Å²) in [6.07, 6.45) is 1.09. The van der Waals surface area contributed by atoms with E-state index in [2.05, 4.69) is 28.4 Å². The first-order valence-corrected chi connectivity index (χ1v) is 8.43. The Morgan fingerprint density at radius 1 is 1.09 bits per heavy atom. The molecule has 0 radical (unpaired) electrons. The summed E-state index contributed by atoms with van der Waals surface area (Å²) < 4.78 is 18.0. The van der Waals surface area contributed by atoms with Crippen LogP contribution in [0, 0.1) is 0 Å². The Hall–Kier alpha value is -0.720. The van der Waals surface area contributed by atoms with Crippen LogP contribution in [0.2, 0.25) is 0 Å². The lowest BCUT2D eigenvalue weighted by atomic mass is 10.2. The van der Waals surface area contributed by atoms with Crippen LogP contribution in [0.15, 0.2) is 0 Å². The first kappa shape index (κ1) is 17.6. The molecule has 0 spiro atoms. The normalized spacial score (nSPS) is 29.6. The number of ether oxygens (including phenoxy) is 1. The third-order valence-electron chi connectivity index (χ3n) is 5.15. The van der Waals surface area contributed by atoms with Crippen LogP contribution in [0.1, 0.15) is 26.7 Å². The van der Waals surface area contributed by atoms with Crippen molar-refractivity contribution in [1.29, 1.82) is 0 Å². The fourth-order valence-electron chi connectivity index (χ4n) is 3.57. The van der Waals surface area contributed by atoms with Crippen molar-refractivity contribution < 1.29 is 13.9 Å². The largest absolute Gasteiger partial charge is 0.467 e. The van der Waals surface area contributed by atoms with Crippen LogP contribution in [0.4, 0.5) is 4.39 Å². The second-order valence-electron chi connectivity index (χ2n) is 6.65. The molecule has 2 saturated heterocycles. The molecule has 0 N–H and O–H groups in total. The SMILES string of the molecule is COC(=O)C(F)CN1CCN(CCN2C(C)CCC2C)CC1. The number of esters is 1. The molecule has 0 amide bonds. The third-order valence-corrected chi connectivity index (χ3v) is 5.15. The van der Waals surface area contributed by atoms with Gasteiger partial charge in [0.15, 0.2) is 0 Å². The number of rotatable bonds is 6. The lowest BCUT2D eigenvalue weighted by Crippen LogP contribution is -2.51. The summed E-state index contributed by atoms with van der Waals surface area (Å²) in [6.45, 7) is 10.5. The number of likely N-dealkylation sites (tertiary alicyclic amines) is 1. The molecular weight excluding hydrogens is 285 g/mol. The Balaban J connectivity index is 1.66. The third kappa shape index (κ3) is 4.64. The van der Waals surface area contributed by atoms with Gasteiger partial charge in [-0.3, -0.25) is 14.7 Å². The van der Waals surface area contributed by atoms with E-state index in [-0.39, 0.29) is 6.54 Å². The van der Waals surface area contributed by atoms with Crippen LogP contribution in [0.25, 0.3) is 0 Å². The van der Waals surface area contributed by atoms with E-state index in [1.165, 1.54) is 20.0 Å². The molecule has 0 saturated carbocycles. The number of alkyl halides is 1. The van der Waals surface area contributed by atoms with E-state index in [0.29, 0.717) is 12.1 Å². The van der Waals surface area contributed by atoms with Crippen molar-refractivity contribution in [1.82, 2.24) is 14.7 Å². The molecule has 0 aromatic carbocycles. The fraction of sp³-hybridized carbons (Fsp3) is 0.938. The van der Waals surface area contributed by atoms with Gasteiger partial charge in [0.25, 0.3) is 0 Å². The molecule has 0 bridgehead atoms. The van der Waals surface area contributed by atoms with Gasteiger partial charge >= 0.3 is 5.97 Å². The van der Waals surface area contributed by atoms with Gasteiger partial charge in [0.05, 0.1) is 7.11 Å². The molecule has 3 unspecified atom stereocenters. The van der Waals surface area contributed by atoms with Crippen molar-refractivity contribution in [3.63, 3.8) is 0 Å². The van der Waals surface area contributed by atoms with E-state index in [1.807, 2.05) is 4.90 Å². The minimum atomic E-state index is -1.53. The molecule has 0 aliphatic carbocycles. The first-order valence-electron chi connectivity index (χ1n) is 8.43. The van der Waals surface area contributed by atoms with Gasteiger partial charge in [-0.15, -0.1) is 0 Å². The molecule has 6 heteroatoms.